The molecule has 1 fully saturated rings. The maximum absolute atomic E-state index is 12.3. The number of carbonyl (C=O) groups excluding carboxylic acids is 1. The van der Waals surface area contributed by atoms with Crippen LogP contribution in [0.5, 0.6) is 5.75 Å². The third-order valence-electron chi connectivity index (χ3n) is 6.51. The molecule has 5 rings (SSSR count). The number of rotatable bonds is 6. The summed E-state index contributed by atoms with van der Waals surface area (Å²) in [5, 5.41) is 18.4. The smallest absolute Gasteiger partial charge is 0.410 e. The van der Waals surface area contributed by atoms with Gasteiger partial charge in [-0.2, -0.15) is 0 Å². The Morgan fingerprint density at radius 1 is 1.10 bits per heavy atom. The summed E-state index contributed by atoms with van der Waals surface area (Å²) in [6, 6.07) is 11.6. The van der Waals surface area contributed by atoms with Gasteiger partial charge >= 0.3 is 6.09 Å². The van der Waals surface area contributed by atoms with Crippen LogP contribution < -0.4 is 10.0 Å². The van der Waals surface area contributed by atoms with Gasteiger partial charge in [0, 0.05) is 26.1 Å². The van der Waals surface area contributed by atoms with Gasteiger partial charge in [-0.05, 0) is 63.2 Å². The number of pyridine rings is 1. The van der Waals surface area contributed by atoms with E-state index in [2.05, 4.69) is 34.7 Å². The Balaban J connectivity index is 1.20. The average molecular weight is 549 g/mol. The van der Waals surface area contributed by atoms with Gasteiger partial charge in [0.2, 0.25) is 0 Å². The minimum Gasteiger partial charge on any atom is -0.486 e. The summed E-state index contributed by atoms with van der Waals surface area (Å²) in [6.45, 7) is 7.21. The summed E-state index contributed by atoms with van der Waals surface area (Å²) in [4.78, 5) is 18.7. The molecule has 1 atom stereocenters. The van der Waals surface area contributed by atoms with Gasteiger partial charge in [-0.25, -0.2) is 9.48 Å². The number of carbonyl (C=O) groups is 1. The summed E-state index contributed by atoms with van der Waals surface area (Å²) >= 11 is 0. The van der Waals surface area contributed by atoms with Crippen molar-refractivity contribution in [1.29, 1.82) is 0 Å². The fourth-order valence-corrected chi connectivity index (χ4v) is 4.67. The maximum Gasteiger partial charge on any atom is 0.410 e. The van der Waals surface area contributed by atoms with Crippen LogP contribution in [0, 0.1) is 0 Å². The quantitative estimate of drug-likeness (QED) is 0.336. The van der Waals surface area contributed by atoms with Crippen molar-refractivity contribution in [2.75, 3.05) is 13.1 Å². The van der Waals surface area contributed by atoms with Crippen molar-refractivity contribution < 1.29 is 14.3 Å². The van der Waals surface area contributed by atoms with Crippen LogP contribution >= 0.6 is 9.24 Å². The first-order valence-electron chi connectivity index (χ1n) is 12.9. The molecule has 0 spiro atoms. The number of aromatic nitrogens is 7. The van der Waals surface area contributed by atoms with Crippen molar-refractivity contribution in [3.8, 4) is 23.0 Å². The first kappa shape index (κ1) is 26.7. The normalized spacial score (nSPS) is 14.4. The minimum absolute atomic E-state index is 0.238. The second kappa shape index (κ2) is 11.1. The number of amides is 1. The molecule has 3 aromatic heterocycles. The molecule has 1 aliphatic rings. The second-order valence-electron chi connectivity index (χ2n) is 10.6. The van der Waals surface area contributed by atoms with Gasteiger partial charge in [0.05, 0.1) is 23.8 Å². The fraction of sp³-hybridized carbons (Fsp3) is 0.407. The van der Waals surface area contributed by atoms with Crippen molar-refractivity contribution in [1.82, 2.24) is 39.6 Å². The van der Waals surface area contributed by atoms with E-state index in [1.807, 2.05) is 75.0 Å². The molecule has 39 heavy (non-hydrogen) atoms. The minimum atomic E-state index is -0.495. The van der Waals surface area contributed by atoms with Gasteiger partial charge < -0.3 is 18.9 Å². The lowest BCUT2D eigenvalue weighted by molar-refractivity contribution is 0.0204. The zero-order valence-electron chi connectivity index (χ0n) is 22.6. The molecule has 11 nitrogen and oxygen atoms in total. The van der Waals surface area contributed by atoms with E-state index in [1.54, 1.807) is 15.8 Å². The van der Waals surface area contributed by atoms with Gasteiger partial charge in [0.1, 0.15) is 23.7 Å². The van der Waals surface area contributed by atoms with Crippen LogP contribution in [0.4, 0.5) is 4.79 Å². The van der Waals surface area contributed by atoms with Gasteiger partial charge in [0.25, 0.3) is 0 Å². The summed E-state index contributed by atoms with van der Waals surface area (Å²) in [6.07, 6.45) is 5.05. The molecule has 0 aliphatic carbocycles. The highest BCUT2D eigenvalue weighted by molar-refractivity contribution is 7.27. The molecule has 1 amide bonds. The largest absolute Gasteiger partial charge is 0.486 e. The van der Waals surface area contributed by atoms with Crippen molar-refractivity contribution in [2.45, 2.75) is 51.7 Å². The van der Waals surface area contributed by atoms with Gasteiger partial charge in [-0.1, -0.05) is 17.3 Å². The highest BCUT2D eigenvalue weighted by atomic mass is 31.0. The van der Waals surface area contributed by atoms with Crippen LogP contribution in [0.3, 0.4) is 0 Å². The topological polar surface area (TPSA) is 113 Å². The van der Waals surface area contributed by atoms with Crippen molar-refractivity contribution in [3.63, 3.8) is 0 Å². The molecular formula is C27H33N8O3P. The van der Waals surface area contributed by atoms with E-state index < -0.39 is 5.60 Å². The van der Waals surface area contributed by atoms with Crippen LogP contribution in [0.2, 0.25) is 0 Å². The van der Waals surface area contributed by atoms with Crippen LogP contribution in [-0.2, 0) is 18.4 Å². The number of piperidine rings is 1. The van der Waals surface area contributed by atoms with E-state index in [0.717, 1.165) is 35.3 Å². The van der Waals surface area contributed by atoms with E-state index in [1.165, 1.54) is 0 Å². The highest BCUT2D eigenvalue weighted by Gasteiger charge is 2.28. The number of nitrogens with zero attached hydrogens (tertiary/aromatic N) is 8. The third-order valence-corrected chi connectivity index (χ3v) is 6.87. The first-order valence-corrected chi connectivity index (χ1v) is 13.5. The first-order chi connectivity index (χ1) is 18.7. The van der Waals surface area contributed by atoms with E-state index in [9.17, 15) is 4.79 Å². The Bertz CT molecular complexity index is 1440. The SMILES string of the molecule is Cn1c(COc2cccc(P)c2)nnc1-c1ccc(-n2cc(C3CCN(C(=O)OC(C)(C)C)CC3)nn2)cn1. The Labute approximate surface area is 229 Å². The summed E-state index contributed by atoms with van der Waals surface area (Å²) in [5.41, 5.74) is 1.91. The zero-order chi connectivity index (χ0) is 27.6. The molecule has 4 aromatic rings. The van der Waals surface area contributed by atoms with Crippen LogP contribution in [0.25, 0.3) is 17.2 Å². The van der Waals surface area contributed by atoms with E-state index in [4.69, 9.17) is 9.47 Å². The molecule has 1 unspecified atom stereocenters. The fourth-order valence-electron chi connectivity index (χ4n) is 4.39. The molecule has 0 radical (unpaired) electrons. The van der Waals surface area contributed by atoms with E-state index in [-0.39, 0.29) is 12.0 Å². The standard InChI is InChI=1S/C27H33N8O3P/c1-27(2,3)38-26(36)34-12-10-18(11-13-34)23-16-35(32-29-23)19-8-9-22(28-15-19)25-31-30-24(33(25)4)17-37-20-6-5-7-21(39)14-20/h5-9,14-16,18H,10-13,17,39H2,1-4H3. The highest BCUT2D eigenvalue weighted by Crippen LogP contribution is 2.28. The molecule has 0 N–H and O–H groups in total. The monoisotopic (exact) mass is 548 g/mol. The lowest BCUT2D eigenvalue weighted by Gasteiger charge is -2.32. The molecule has 0 saturated carbocycles. The molecule has 1 aliphatic heterocycles. The number of hydrogen-bond donors (Lipinski definition) is 0. The van der Waals surface area contributed by atoms with Crippen LogP contribution in [0.1, 0.15) is 51.0 Å². The number of likely N-dealkylation sites (tertiary alicyclic amines) is 1. The molecule has 12 heteroatoms. The number of ether oxygens (including phenoxy) is 2. The van der Waals surface area contributed by atoms with Crippen molar-refractivity contribution in [3.05, 3.63) is 60.3 Å². The molecule has 204 valence electrons. The van der Waals surface area contributed by atoms with Gasteiger partial charge in [-0.3, -0.25) is 4.98 Å². The molecule has 1 saturated heterocycles. The lowest BCUT2D eigenvalue weighted by Crippen LogP contribution is -2.41. The Morgan fingerprint density at radius 3 is 2.59 bits per heavy atom. The number of benzene rings is 1. The third kappa shape index (κ3) is 6.42. The Morgan fingerprint density at radius 2 is 1.90 bits per heavy atom. The van der Waals surface area contributed by atoms with Crippen molar-refractivity contribution >= 4 is 20.6 Å². The average Bonchev–Trinajstić information content (AvgIpc) is 3.54. The second-order valence-corrected chi connectivity index (χ2v) is 11.3. The Kier molecular flexibility index (Phi) is 7.61. The van der Waals surface area contributed by atoms with Gasteiger partial charge in [0.15, 0.2) is 11.6 Å². The molecule has 1 aromatic carbocycles. The van der Waals surface area contributed by atoms with Crippen LogP contribution in [-0.4, -0.2) is 64.4 Å². The maximum atomic E-state index is 12.3. The lowest BCUT2D eigenvalue weighted by atomic mass is 9.94. The summed E-state index contributed by atoms with van der Waals surface area (Å²) < 4.78 is 15.0. The summed E-state index contributed by atoms with van der Waals surface area (Å²) in [7, 11) is 4.56. The molecule has 4 heterocycles. The van der Waals surface area contributed by atoms with Crippen LogP contribution in [0.15, 0.2) is 48.8 Å². The predicted molar refractivity (Wildman–Crippen MR) is 149 cm³/mol. The zero-order valence-corrected chi connectivity index (χ0v) is 23.8. The van der Waals surface area contributed by atoms with E-state index >= 15 is 0 Å². The van der Waals surface area contributed by atoms with Crippen molar-refractivity contribution in [2.24, 2.45) is 7.05 Å². The van der Waals surface area contributed by atoms with E-state index in [0.29, 0.717) is 37.0 Å². The Hall–Kier alpha value is -3.85. The predicted octanol–water partition coefficient (Wildman–Crippen LogP) is 3.65. The number of hydrogen-bond acceptors (Lipinski definition) is 8. The summed E-state index contributed by atoms with van der Waals surface area (Å²) in [5.74, 6) is 2.36. The molecule has 0 bridgehead atoms. The van der Waals surface area contributed by atoms with Gasteiger partial charge in [-0.15, -0.1) is 24.5 Å². The molecular weight excluding hydrogens is 515 g/mol.